The molecule has 1 aliphatic carbocycles. The van der Waals surface area contributed by atoms with Crippen LogP contribution in [0.25, 0.3) is 0 Å². The second kappa shape index (κ2) is 8.86. The summed E-state index contributed by atoms with van der Waals surface area (Å²) in [7, 11) is 0. The van der Waals surface area contributed by atoms with Crippen molar-refractivity contribution in [2.24, 2.45) is 11.7 Å². The Morgan fingerprint density at radius 2 is 2.04 bits per heavy atom. The van der Waals surface area contributed by atoms with Gasteiger partial charge in [-0.25, -0.2) is 0 Å². The molecule has 130 valence electrons. The average molecular weight is 385 g/mol. The van der Waals surface area contributed by atoms with E-state index in [2.05, 4.69) is 5.32 Å². The van der Waals surface area contributed by atoms with Crippen molar-refractivity contribution in [2.45, 2.75) is 37.8 Å². The number of halogens is 2. The Labute approximate surface area is 158 Å². The van der Waals surface area contributed by atoms with E-state index in [1.165, 1.54) is 0 Å². The van der Waals surface area contributed by atoms with Gasteiger partial charge in [0.25, 0.3) is 0 Å². The topological polar surface area (TPSA) is 55.1 Å². The summed E-state index contributed by atoms with van der Waals surface area (Å²) in [5.41, 5.74) is 7.13. The van der Waals surface area contributed by atoms with Crippen molar-refractivity contribution in [1.29, 1.82) is 0 Å². The van der Waals surface area contributed by atoms with Gasteiger partial charge >= 0.3 is 0 Å². The molecule has 6 heteroatoms. The van der Waals surface area contributed by atoms with Crippen molar-refractivity contribution in [3.63, 3.8) is 0 Å². The van der Waals surface area contributed by atoms with Gasteiger partial charge in [0.2, 0.25) is 5.91 Å². The van der Waals surface area contributed by atoms with Crippen LogP contribution in [0, 0.1) is 5.92 Å². The molecule has 24 heavy (non-hydrogen) atoms. The van der Waals surface area contributed by atoms with Gasteiger partial charge in [-0.3, -0.25) is 4.79 Å². The van der Waals surface area contributed by atoms with E-state index in [9.17, 15) is 4.79 Å². The minimum absolute atomic E-state index is 0. The van der Waals surface area contributed by atoms with Crippen LogP contribution >= 0.6 is 35.3 Å². The summed E-state index contributed by atoms with van der Waals surface area (Å²) >= 11 is 7.62. The molecule has 1 aromatic carbocycles. The fourth-order valence-corrected chi connectivity index (χ4v) is 4.13. The molecule has 0 radical (unpaired) electrons. The van der Waals surface area contributed by atoms with Gasteiger partial charge in [0.05, 0.1) is 6.04 Å². The van der Waals surface area contributed by atoms with E-state index in [1.807, 2.05) is 41.8 Å². The molecule has 1 heterocycles. The molecule has 0 spiro atoms. The molecule has 3 nitrogen and oxygen atoms in total. The van der Waals surface area contributed by atoms with Crippen LogP contribution in [-0.2, 0) is 4.79 Å². The molecule has 3 N–H and O–H groups in total. The highest BCUT2D eigenvalue weighted by Crippen LogP contribution is 2.29. The zero-order chi connectivity index (χ0) is 16.2. The fraction of sp³-hybridized carbons (Fsp3) is 0.389. The SMILES string of the molecule is Cl.N[C@@H]1CCC[C@H]1CC(=O)NC(c1ccc(Cl)cc1)c1cccs1. The number of benzene rings is 1. The molecule has 1 aromatic heterocycles. The van der Waals surface area contributed by atoms with Crippen LogP contribution in [0.2, 0.25) is 5.02 Å². The largest absolute Gasteiger partial charge is 0.344 e. The molecular formula is C18H22Cl2N2OS. The highest BCUT2D eigenvalue weighted by molar-refractivity contribution is 7.10. The van der Waals surface area contributed by atoms with Gasteiger partial charge < -0.3 is 11.1 Å². The number of rotatable bonds is 5. The third kappa shape index (κ3) is 4.73. The average Bonchev–Trinajstić information content (AvgIpc) is 3.19. The highest BCUT2D eigenvalue weighted by atomic mass is 35.5. The van der Waals surface area contributed by atoms with Crippen LogP contribution < -0.4 is 11.1 Å². The number of hydrogen-bond donors (Lipinski definition) is 2. The first-order valence-electron chi connectivity index (χ1n) is 7.97. The van der Waals surface area contributed by atoms with Crippen LogP contribution in [-0.4, -0.2) is 11.9 Å². The van der Waals surface area contributed by atoms with Crippen LogP contribution in [0.3, 0.4) is 0 Å². The summed E-state index contributed by atoms with van der Waals surface area (Å²) in [5.74, 6) is 0.380. The molecule has 0 saturated heterocycles. The van der Waals surface area contributed by atoms with Crippen molar-refractivity contribution in [1.82, 2.24) is 5.32 Å². The third-order valence-electron chi connectivity index (χ3n) is 4.50. The molecule has 3 atom stereocenters. The van der Waals surface area contributed by atoms with Gasteiger partial charge in [0.1, 0.15) is 0 Å². The van der Waals surface area contributed by atoms with Gasteiger partial charge in [-0.2, -0.15) is 0 Å². The van der Waals surface area contributed by atoms with Gasteiger partial charge in [-0.1, -0.05) is 36.2 Å². The molecule has 1 aliphatic rings. The molecule has 1 unspecified atom stereocenters. The summed E-state index contributed by atoms with van der Waals surface area (Å²) in [6, 6.07) is 11.7. The Bertz CT molecular complexity index is 646. The predicted molar refractivity (Wildman–Crippen MR) is 103 cm³/mol. The number of carbonyl (C=O) groups excluding carboxylic acids is 1. The standard InChI is InChI=1S/C18H21ClN2OS.ClH/c19-14-8-6-12(7-9-14)18(16-5-2-10-23-16)21-17(22)11-13-3-1-4-15(13)20;/h2,5-10,13,15,18H,1,3-4,11,20H2,(H,21,22);1H/t13-,15+,18?;/m0./s1. The Morgan fingerprint density at radius 1 is 1.29 bits per heavy atom. The number of thiophene rings is 1. The lowest BCUT2D eigenvalue weighted by Gasteiger charge is -2.21. The van der Waals surface area contributed by atoms with E-state index in [1.54, 1.807) is 11.3 Å². The Hall–Kier alpha value is -1.07. The number of nitrogens with one attached hydrogen (secondary N) is 1. The molecule has 1 fully saturated rings. The lowest BCUT2D eigenvalue weighted by Crippen LogP contribution is -2.33. The first kappa shape index (κ1) is 19.3. The van der Waals surface area contributed by atoms with Crippen LogP contribution in [0.4, 0.5) is 0 Å². The molecule has 0 aliphatic heterocycles. The number of amides is 1. The summed E-state index contributed by atoms with van der Waals surface area (Å²) in [4.78, 5) is 13.6. The number of carbonyl (C=O) groups is 1. The monoisotopic (exact) mass is 384 g/mol. The van der Waals surface area contributed by atoms with Crippen molar-refractivity contribution >= 4 is 41.3 Å². The van der Waals surface area contributed by atoms with Gasteiger partial charge in [0, 0.05) is 22.4 Å². The van der Waals surface area contributed by atoms with Crippen molar-refractivity contribution in [3.05, 3.63) is 57.2 Å². The van der Waals surface area contributed by atoms with E-state index in [0.29, 0.717) is 17.4 Å². The zero-order valence-electron chi connectivity index (χ0n) is 13.3. The first-order valence-corrected chi connectivity index (χ1v) is 9.23. The molecule has 2 aromatic rings. The van der Waals surface area contributed by atoms with E-state index in [0.717, 1.165) is 29.7 Å². The second-order valence-electron chi connectivity index (χ2n) is 6.13. The number of hydrogen-bond acceptors (Lipinski definition) is 3. The van der Waals surface area contributed by atoms with E-state index in [-0.39, 0.29) is 30.4 Å². The van der Waals surface area contributed by atoms with Crippen molar-refractivity contribution in [3.8, 4) is 0 Å². The third-order valence-corrected chi connectivity index (χ3v) is 5.69. The minimum atomic E-state index is -0.127. The molecule has 3 rings (SSSR count). The fourth-order valence-electron chi connectivity index (χ4n) is 3.21. The second-order valence-corrected chi connectivity index (χ2v) is 7.54. The van der Waals surface area contributed by atoms with Crippen molar-refractivity contribution in [2.75, 3.05) is 0 Å². The molecule has 1 amide bonds. The van der Waals surface area contributed by atoms with Crippen LogP contribution in [0.5, 0.6) is 0 Å². The van der Waals surface area contributed by atoms with Crippen LogP contribution in [0.1, 0.15) is 42.2 Å². The maximum atomic E-state index is 12.5. The first-order chi connectivity index (χ1) is 11.1. The highest BCUT2D eigenvalue weighted by Gasteiger charge is 2.27. The van der Waals surface area contributed by atoms with Crippen molar-refractivity contribution < 1.29 is 4.79 Å². The van der Waals surface area contributed by atoms with Gasteiger partial charge in [0.15, 0.2) is 0 Å². The Balaban J connectivity index is 0.00000208. The Morgan fingerprint density at radius 3 is 2.62 bits per heavy atom. The van der Waals surface area contributed by atoms with E-state index in [4.69, 9.17) is 17.3 Å². The summed E-state index contributed by atoms with van der Waals surface area (Å²) in [5, 5.41) is 5.90. The lowest BCUT2D eigenvalue weighted by molar-refractivity contribution is -0.122. The minimum Gasteiger partial charge on any atom is -0.344 e. The number of nitrogens with two attached hydrogens (primary N) is 1. The normalized spacial score (nSPS) is 21.1. The maximum absolute atomic E-state index is 12.5. The summed E-state index contributed by atoms with van der Waals surface area (Å²) in [6.45, 7) is 0. The van der Waals surface area contributed by atoms with E-state index >= 15 is 0 Å². The molecule has 0 bridgehead atoms. The smallest absolute Gasteiger partial charge is 0.221 e. The molecular weight excluding hydrogens is 363 g/mol. The predicted octanol–water partition coefficient (Wildman–Crippen LogP) is 4.55. The zero-order valence-corrected chi connectivity index (χ0v) is 15.7. The lowest BCUT2D eigenvalue weighted by atomic mass is 9.99. The van der Waals surface area contributed by atoms with Gasteiger partial charge in [-0.15, -0.1) is 23.7 Å². The van der Waals surface area contributed by atoms with Gasteiger partial charge in [-0.05, 0) is 47.9 Å². The Kier molecular flexibility index (Phi) is 7.11. The summed E-state index contributed by atoms with van der Waals surface area (Å²) in [6.07, 6.45) is 3.73. The van der Waals surface area contributed by atoms with E-state index < -0.39 is 0 Å². The molecule has 1 saturated carbocycles. The quantitative estimate of drug-likeness (QED) is 0.794. The summed E-state index contributed by atoms with van der Waals surface area (Å²) < 4.78 is 0. The maximum Gasteiger partial charge on any atom is 0.221 e. The van der Waals surface area contributed by atoms with Crippen LogP contribution in [0.15, 0.2) is 41.8 Å².